The fourth-order valence-electron chi connectivity index (χ4n) is 5.15. The number of carbonyl (C=O) groups excluding carboxylic acids is 1. The first-order chi connectivity index (χ1) is 16.1. The van der Waals surface area contributed by atoms with Gasteiger partial charge in [-0.3, -0.25) is 4.90 Å². The molecule has 3 aliphatic rings. The van der Waals surface area contributed by atoms with Gasteiger partial charge in [0, 0.05) is 44.0 Å². The average molecular weight is 452 g/mol. The lowest BCUT2D eigenvalue weighted by Gasteiger charge is -2.38. The van der Waals surface area contributed by atoms with Gasteiger partial charge in [-0.25, -0.2) is 9.78 Å². The molecule has 2 aliphatic carbocycles. The number of benzene rings is 1. The third-order valence-electron chi connectivity index (χ3n) is 7.46. The quantitative estimate of drug-likeness (QED) is 0.593. The standard InChI is InChI=1S/C26H35N5O2.H2/c1-30(21-5-4-6-21)23-15-16-31(18-23)22-12-9-19(10-13-22)28-26(32)29-20-11-14-25(27-17-20)33-24-7-2-3-8-24;/h9-14,17,21,23-24H,2-8,15-16,18H2,1H3,(H2,28,29,32);1H. The highest BCUT2D eigenvalue weighted by molar-refractivity contribution is 5.99. The zero-order valence-corrected chi connectivity index (χ0v) is 19.5. The Hall–Kier alpha value is -2.80. The number of amides is 2. The van der Waals surface area contributed by atoms with Crippen LogP contribution in [0.4, 0.5) is 21.9 Å². The van der Waals surface area contributed by atoms with Gasteiger partial charge in [-0.05, 0) is 82.3 Å². The molecule has 1 aromatic heterocycles. The molecule has 3 fully saturated rings. The normalized spacial score (nSPS) is 21.3. The Morgan fingerprint density at radius 2 is 1.70 bits per heavy atom. The van der Waals surface area contributed by atoms with Gasteiger partial charge in [-0.2, -0.15) is 0 Å². The number of nitrogens with one attached hydrogen (secondary N) is 2. The van der Waals surface area contributed by atoms with Gasteiger partial charge in [-0.15, -0.1) is 0 Å². The minimum atomic E-state index is -0.280. The summed E-state index contributed by atoms with van der Waals surface area (Å²) in [5.41, 5.74) is 2.63. The molecule has 1 unspecified atom stereocenters. The van der Waals surface area contributed by atoms with E-state index in [4.69, 9.17) is 4.74 Å². The van der Waals surface area contributed by atoms with Crippen molar-refractivity contribution < 1.29 is 11.0 Å². The maximum atomic E-state index is 12.4. The van der Waals surface area contributed by atoms with Crippen LogP contribution in [0.25, 0.3) is 0 Å². The Kier molecular flexibility index (Phi) is 6.67. The van der Waals surface area contributed by atoms with Gasteiger partial charge < -0.3 is 20.3 Å². The molecule has 0 spiro atoms. The molecule has 7 heteroatoms. The molecule has 33 heavy (non-hydrogen) atoms. The molecule has 2 aromatic rings. The highest BCUT2D eigenvalue weighted by Gasteiger charge is 2.32. The van der Waals surface area contributed by atoms with E-state index in [9.17, 15) is 4.79 Å². The van der Waals surface area contributed by atoms with Crippen LogP contribution in [0.15, 0.2) is 42.6 Å². The lowest BCUT2D eigenvalue weighted by molar-refractivity contribution is 0.119. The topological polar surface area (TPSA) is 69.7 Å². The van der Waals surface area contributed by atoms with E-state index in [1.807, 2.05) is 24.3 Å². The summed E-state index contributed by atoms with van der Waals surface area (Å²) in [4.78, 5) is 21.8. The predicted octanol–water partition coefficient (Wildman–Crippen LogP) is 5.36. The fraction of sp³-hybridized carbons (Fsp3) is 0.538. The van der Waals surface area contributed by atoms with Crippen LogP contribution in [0.1, 0.15) is 52.8 Å². The summed E-state index contributed by atoms with van der Waals surface area (Å²) in [5.74, 6) is 0.617. The summed E-state index contributed by atoms with van der Waals surface area (Å²) >= 11 is 0. The van der Waals surface area contributed by atoms with Crippen molar-refractivity contribution in [3.05, 3.63) is 42.6 Å². The van der Waals surface area contributed by atoms with Gasteiger partial charge in [0.05, 0.1) is 11.9 Å². The maximum absolute atomic E-state index is 12.4. The molecular weight excluding hydrogens is 414 g/mol. The van der Waals surface area contributed by atoms with E-state index >= 15 is 0 Å². The molecule has 0 bridgehead atoms. The molecule has 1 aromatic carbocycles. The second kappa shape index (κ2) is 10.00. The SMILES string of the molecule is CN(C1CCC1)C1CCN(c2ccc(NC(=O)Nc3ccc(OC4CCCC4)nc3)cc2)C1.[HH]. The van der Waals surface area contributed by atoms with E-state index in [-0.39, 0.29) is 13.6 Å². The molecule has 0 radical (unpaired) electrons. The number of hydrogen-bond acceptors (Lipinski definition) is 5. The largest absolute Gasteiger partial charge is 0.474 e. The molecule has 1 saturated heterocycles. The number of aromatic nitrogens is 1. The van der Waals surface area contributed by atoms with Gasteiger partial charge in [0.15, 0.2) is 0 Å². The third-order valence-corrected chi connectivity index (χ3v) is 7.46. The molecule has 178 valence electrons. The van der Waals surface area contributed by atoms with E-state index in [1.54, 1.807) is 6.20 Å². The van der Waals surface area contributed by atoms with Crippen LogP contribution in [0.5, 0.6) is 5.88 Å². The van der Waals surface area contributed by atoms with E-state index < -0.39 is 0 Å². The highest BCUT2D eigenvalue weighted by Crippen LogP contribution is 2.30. The van der Waals surface area contributed by atoms with E-state index in [0.29, 0.717) is 17.6 Å². The molecule has 1 atom stereocenters. The van der Waals surface area contributed by atoms with Crippen molar-refractivity contribution in [2.45, 2.75) is 69.6 Å². The molecule has 7 nitrogen and oxygen atoms in total. The number of carbonyl (C=O) groups is 1. The summed E-state index contributed by atoms with van der Waals surface area (Å²) in [6.07, 6.45) is 11.8. The lowest BCUT2D eigenvalue weighted by Crippen LogP contribution is -2.45. The van der Waals surface area contributed by atoms with Crippen molar-refractivity contribution in [2.24, 2.45) is 0 Å². The van der Waals surface area contributed by atoms with Crippen LogP contribution in [0.2, 0.25) is 0 Å². The summed E-state index contributed by atoms with van der Waals surface area (Å²) in [5, 5.41) is 5.74. The Morgan fingerprint density at radius 1 is 0.970 bits per heavy atom. The number of anilines is 3. The van der Waals surface area contributed by atoms with Gasteiger partial charge in [0.2, 0.25) is 5.88 Å². The zero-order valence-electron chi connectivity index (χ0n) is 19.5. The Morgan fingerprint density at radius 3 is 2.36 bits per heavy atom. The summed E-state index contributed by atoms with van der Waals surface area (Å²) in [6.45, 7) is 2.16. The zero-order chi connectivity index (χ0) is 22.6. The van der Waals surface area contributed by atoms with Crippen molar-refractivity contribution in [1.82, 2.24) is 9.88 Å². The number of nitrogens with zero attached hydrogens (tertiary/aromatic N) is 3. The number of urea groups is 1. The van der Waals surface area contributed by atoms with Crippen molar-refractivity contribution in [2.75, 3.05) is 35.7 Å². The first-order valence-electron chi connectivity index (χ1n) is 12.4. The van der Waals surface area contributed by atoms with Crippen LogP contribution < -0.4 is 20.3 Å². The van der Waals surface area contributed by atoms with Crippen LogP contribution in [-0.2, 0) is 0 Å². The Bertz CT molecular complexity index is 929. The minimum Gasteiger partial charge on any atom is -0.474 e. The first kappa shape index (κ1) is 22.0. The molecule has 1 aliphatic heterocycles. The Balaban J connectivity index is 0.00000274. The monoisotopic (exact) mass is 451 g/mol. The van der Waals surface area contributed by atoms with Crippen molar-refractivity contribution >= 4 is 23.1 Å². The summed E-state index contributed by atoms with van der Waals surface area (Å²) in [6, 6.07) is 12.9. The molecule has 5 rings (SSSR count). The predicted molar refractivity (Wildman–Crippen MR) is 134 cm³/mol. The fourth-order valence-corrected chi connectivity index (χ4v) is 5.15. The van der Waals surface area contributed by atoms with E-state index in [0.717, 1.165) is 37.7 Å². The van der Waals surface area contributed by atoms with Crippen LogP contribution in [-0.4, -0.2) is 54.2 Å². The number of rotatable bonds is 7. The Labute approximate surface area is 198 Å². The second-order valence-corrected chi connectivity index (χ2v) is 9.67. The van der Waals surface area contributed by atoms with Crippen LogP contribution in [0.3, 0.4) is 0 Å². The van der Waals surface area contributed by atoms with E-state index in [2.05, 4.69) is 44.6 Å². The number of likely N-dealkylation sites (N-methyl/N-ethyl adjacent to an activating group) is 1. The van der Waals surface area contributed by atoms with Crippen LogP contribution in [0, 0.1) is 0 Å². The first-order valence-corrected chi connectivity index (χ1v) is 12.4. The average Bonchev–Trinajstić information content (AvgIpc) is 3.47. The number of pyridine rings is 1. The lowest BCUT2D eigenvalue weighted by atomic mass is 9.91. The molecule has 2 heterocycles. The van der Waals surface area contributed by atoms with Crippen molar-refractivity contribution in [1.29, 1.82) is 0 Å². The molecule has 2 saturated carbocycles. The highest BCUT2D eigenvalue weighted by atomic mass is 16.5. The van der Waals surface area contributed by atoms with Crippen LogP contribution >= 0.6 is 0 Å². The van der Waals surface area contributed by atoms with Gasteiger partial charge in [-0.1, -0.05) is 6.42 Å². The summed E-state index contributed by atoms with van der Waals surface area (Å²) < 4.78 is 5.88. The second-order valence-electron chi connectivity index (χ2n) is 9.67. The van der Waals surface area contributed by atoms with Gasteiger partial charge in [0.25, 0.3) is 0 Å². The minimum absolute atomic E-state index is 0. The third kappa shape index (κ3) is 5.41. The molecular formula is C26H37N5O2. The maximum Gasteiger partial charge on any atom is 0.323 e. The van der Waals surface area contributed by atoms with E-state index in [1.165, 1.54) is 44.2 Å². The molecule has 2 amide bonds. The summed E-state index contributed by atoms with van der Waals surface area (Å²) in [7, 11) is 2.29. The molecule has 2 N–H and O–H groups in total. The van der Waals surface area contributed by atoms with Crippen molar-refractivity contribution in [3.8, 4) is 5.88 Å². The van der Waals surface area contributed by atoms with Crippen molar-refractivity contribution in [3.63, 3.8) is 0 Å². The van der Waals surface area contributed by atoms with Gasteiger partial charge in [0.1, 0.15) is 6.10 Å². The smallest absolute Gasteiger partial charge is 0.323 e. The van der Waals surface area contributed by atoms with Gasteiger partial charge >= 0.3 is 6.03 Å². The number of ether oxygens (including phenoxy) is 1. The number of hydrogen-bond donors (Lipinski definition) is 2.